The number of sulfonamides is 1. The molecule has 3 aromatic rings. The highest BCUT2D eigenvalue weighted by Gasteiger charge is 2.18. The summed E-state index contributed by atoms with van der Waals surface area (Å²) < 4.78 is 28.4. The Morgan fingerprint density at radius 3 is 2.92 bits per heavy atom. The molecule has 6 heteroatoms. The number of nitrogens with one attached hydrogen (secondary N) is 2. The van der Waals surface area contributed by atoms with Crippen LogP contribution in [0.2, 0.25) is 0 Å². The van der Waals surface area contributed by atoms with Crippen LogP contribution in [0.1, 0.15) is 11.1 Å². The highest BCUT2D eigenvalue weighted by atomic mass is 32.2. The molecule has 2 N–H and O–H groups in total. The fourth-order valence-corrected chi connectivity index (χ4v) is 4.36. The number of rotatable bonds is 3. The Labute approximate surface area is 140 Å². The van der Waals surface area contributed by atoms with E-state index < -0.39 is 10.0 Å². The number of fused-ring (bicyclic) bond motifs is 2. The first-order chi connectivity index (χ1) is 11.6. The Morgan fingerprint density at radius 1 is 1.08 bits per heavy atom. The van der Waals surface area contributed by atoms with E-state index in [-0.39, 0.29) is 4.90 Å². The summed E-state index contributed by atoms with van der Waals surface area (Å²) in [5.74, 6) is 0. The molecule has 2 aromatic carbocycles. The van der Waals surface area contributed by atoms with Gasteiger partial charge in [0.15, 0.2) is 0 Å². The van der Waals surface area contributed by atoms with Gasteiger partial charge in [0.1, 0.15) is 0 Å². The second kappa shape index (κ2) is 5.89. The van der Waals surface area contributed by atoms with Gasteiger partial charge >= 0.3 is 0 Å². The van der Waals surface area contributed by atoms with Gasteiger partial charge in [-0.3, -0.25) is 9.71 Å². The van der Waals surface area contributed by atoms with Crippen molar-refractivity contribution >= 4 is 26.5 Å². The zero-order valence-corrected chi connectivity index (χ0v) is 13.8. The monoisotopic (exact) mass is 339 g/mol. The molecule has 0 atom stereocenters. The molecule has 0 bridgehead atoms. The first-order valence-electron chi connectivity index (χ1n) is 7.81. The smallest absolute Gasteiger partial charge is 0.262 e. The molecular weight excluding hydrogens is 322 g/mol. The molecule has 1 aromatic heterocycles. The Kier molecular flexibility index (Phi) is 3.70. The van der Waals surface area contributed by atoms with Crippen molar-refractivity contribution in [2.24, 2.45) is 0 Å². The van der Waals surface area contributed by atoms with Crippen LogP contribution < -0.4 is 10.0 Å². The van der Waals surface area contributed by atoms with Crippen LogP contribution in [0.4, 0.5) is 5.69 Å². The van der Waals surface area contributed by atoms with Crippen molar-refractivity contribution in [1.82, 2.24) is 10.3 Å². The molecule has 24 heavy (non-hydrogen) atoms. The van der Waals surface area contributed by atoms with Crippen molar-refractivity contribution in [2.45, 2.75) is 17.9 Å². The van der Waals surface area contributed by atoms with Gasteiger partial charge in [-0.25, -0.2) is 8.42 Å². The molecule has 1 aliphatic rings. The standard InChI is InChI=1S/C18H17N3O2S/c22-24(23,18-3-1-2-14-11-20-9-7-17(14)18)21-16-5-4-13-6-8-19-12-15(13)10-16/h1-5,7,9-11,19,21H,6,8,12H2. The minimum absolute atomic E-state index is 0.262. The molecular formula is C18H17N3O2S. The van der Waals surface area contributed by atoms with Gasteiger partial charge in [-0.15, -0.1) is 0 Å². The van der Waals surface area contributed by atoms with Crippen LogP contribution >= 0.6 is 0 Å². The Bertz CT molecular complexity index is 1010. The van der Waals surface area contributed by atoms with Crippen LogP contribution in [0.25, 0.3) is 10.8 Å². The molecule has 0 fully saturated rings. The fraction of sp³-hybridized carbons (Fsp3) is 0.167. The van der Waals surface area contributed by atoms with Crippen molar-refractivity contribution in [3.05, 3.63) is 66.0 Å². The summed E-state index contributed by atoms with van der Waals surface area (Å²) in [5, 5.41) is 4.77. The average Bonchev–Trinajstić information content (AvgIpc) is 2.61. The van der Waals surface area contributed by atoms with Crippen LogP contribution in [0.15, 0.2) is 59.8 Å². The van der Waals surface area contributed by atoms with Gasteiger partial charge in [-0.05, 0) is 48.4 Å². The zero-order valence-electron chi connectivity index (χ0n) is 13.0. The van der Waals surface area contributed by atoms with E-state index in [1.165, 1.54) is 5.56 Å². The van der Waals surface area contributed by atoms with E-state index in [0.717, 1.165) is 30.5 Å². The first-order valence-corrected chi connectivity index (χ1v) is 9.30. The first kappa shape index (κ1) is 15.1. The van der Waals surface area contributed by atoms with Gasteiger partial charge in [0, 0.05) is 35.4 Å². The largest absolute Gasteiger partial charge is 0.312 e. The van der Waals surface area contributed by atoms with E-state index in [2.05, 4.69) is 15.0 Å². The summed E-state index contributed by atoms with van der Waals surface area (Å²) in [5.41, 5.74) is 3.00. The maximum atomic E-state index is 12.8. The van der Waals surface area contributed by atoms with E-state index in [9.17, 15) is 8.42 Å². The summed E-state index contributed by atoms with van der Waals surface area (Å²) >= 11 is 0. The lowest BCUT2D eigenvalue weighted by Crippen LogP contribution is -2.23. The molecule has 5 nitrogen and oxygen atoms in total. The lowest BCUT2D eigenvalue weighted by atomic mass is 10.0. The van der Waals surface area contributed by atoms with Crippen LogP contribution in [-0.2, 0) is 23.0 Å². The maximum absolute atomic E-state index is 12.8. The van der Waals surface area contributed by atoms with Gasteiger partial charge in [0.2, 0.25) is 0 Å². The number of pyridine rings is 1. The number of nitrogens with zero attached hydrogens (tertiary/aromatic N) is 1. The van der Waals surface area contributed by atoms with Crippen molar-refractivity contribution in [3.63, 3.8) is 0 Å². The second-order valence-electron chi connectivity index (χ2n) is 5.87. The van der Waals surface area contributed by atoms with Crippen molar-refractivity contribution < 1.29 is 8.42 Å². The van der Waals surface area contributed by atoms with Crippen molar-refractivity contribution in [3.8, 4) is 0 Å². The molecule has 0 unspecified atom stereocenters. The van der Waals surface area contributed by atoms with Crippen molar-refractivity contribution in [1.29, 1.82) is 0 Å². The van der Waals surface area contributed by atoms with E-state index in [4.69, 9.17) is 0 Å². The zero-order chi connectivity index (χ0) is 16.6. The van der Waals surface area contributed by atoms with Gasteiger partial charge in [0.05, 0.1) is 4.90 Å². The highest BCUT2D eigenvalue weighted by Crippen LogP contribution is 2.26. The molecule has 0 saturated carbocycles. The average molecular weight is 339 g/mol. The summed E-state index contributed by atoms with van der Waals surface area (Å²) in [4.78, 5) is 4.31. The van der Waals surface area contributed by atoms with E-state index >= 15 is 0 Å². The highest BCUT2D eigenvalue weighted by molar-refractivity contribution is 7.93. The quantitative estimate of drug-likeness (QED) is 0.770. The third-order valence-electron chi connectivity index (χ3n) is 4.28. The molecule has 0 aliphatic carbocycles. The molecule has 0 spiro atoms. The summed E-state index contributed by atoms with van der Waals surface area (Å²) in [6, 6.07) is 12.7. The fourth-order valence-electron chi connectivity index (χ4n) is 3.08. The summed E-state index contributed by atoms with van der Waals surface area (Å²) in [6.45, 7) is 1.73. The van der Waals surface area contributed by atoms with Gasteiger partial charge in [0.25, 0.3) is 10.0 Å². The van der Waals surface area contributed by atoms with Crippen molar-refractivity contribution in [2.75, 3.05) is 11.3 Å². The molecule has 0 saturated heterocycles. The summed E-state index contributed by atoms with van der Waals surface area (Å²) in [7, 11) is -3.66. The number of benzene rings is 2. The van der Waals surface area contributed by atoms with Crippen LogP contribution in [0.5, 0.6) is 0 Å². The van der Waals surface area contributed by atoms with Gasteiger partial charge < -0.3 is 5.32 Å². The number of anilines is 1. The lowest BCUT2D eigenvalue weighted by Gasteiger charge is -2.18. The topological polar surface area (TPSA) is 71.1 Å². The number of hydrogen-bond donors (Lipinski definition) is 2. The molecule has 4 rings (SSSR count). The summed E-state index contributed by atoms with van der Waals surface area (Å²) in [6.07, 6.45) is 4.24. The van der Waals surface area contributed by atoms with Crippen LogP contribution in [0.3, 0.4) is 0 Å². The maximum Gasteiger partial charge on any atom is 0.262 e. The lowest BCUT2D eigenvalue weighted by molar-refractivity contribution is 0.602. The Hall–Kier alpha value is -2.44. The van der Waals surface area contributed by atoms with E-state index in [1.54, 1.807) is 30.6 Å². The van der Waals surface area contributed by atoms with E-state index in [0.29, 0.717) is 11.1 Å². The molecule has 0 amide bonds. The third-order valence-corrected chi connectivity index (χ3v) is 5.71. The molecule has 1 aliphatic heterocycles. The SMILES string of the molecule is O=S(=O)(Nc1ccc2c(c1)CNCC2)c1cccc2cnccc12. The minimum Gasteiger partial charge on any atom is -0.312 e. The predicted octanol–water partition coefficient (Wildman–Crippen LogP) is 2.68. The second-order valence-corrected chi connectivity index (χ2v) is 7.52. The predicted molar refractivity (Wildman–Crippen MR) is 94.4 cm³/mol. The van der Waals surface area contributed by atoms with E-state index in [1.807, 2.05) is 24.3 Å². The van der Waals surface area contributed by atoms with Gasteiger partial charge in [-0.2, -0.15) is 0 Å². The van der Waals surface area contributed by atoms with Crippen LogP contribution in [0, 0.1) is 0 Å². The number of aromatic nitrogens is 1. The minimum atomic E-state index is -3.66. The molecule has 2 heterocycles. The Morgan fingerprint density at radius 2 is 2.00 bits per heavy atom. The third kappa shape index (κ3) is 2.74. The molecule has 122 valence electrons. The van der Waals surface area contributed by atoms with Gasteiger partial charge in [-0.1, -0.05) is 18.2 Å². The molecule has 0 radical (unpaired) electrons. The van der Waals surface area contributed by atoms with Crippen LogP contribution in [-0.4, -0.2) is 19.9 Å². The Balaban J connectivity index is 1.73. The number of hydrogen-bond acceptors (Lipinski definition) is 4. The normalized spacial score (nSPS) is 14.3.